The van der Waals surface area contributed by atoms with Crippen LogP contribution in [0, 0.1) is 5.82 Å². The fourth-order valence-corrected chi connectivity index (χ4v) is 3.44. The quantitative estimate of drug-likeness (QED) is 0.872. The minimum absolute atomic E-state index is 0. The Balaban J connectivity index is 0.00000208. The molecule has 0 atom stereocenters. The molecule has 3 nitrogen and oxygen atoms in total. The second-order valence-electron chi connectivity index (χ2n) is 6.45. The molecule has 2 heterocycles. The van der Waals surface area contributed by atoms with Gasteiger partial charge >= 0.3 is 0 Å². The van der Waals surface area contributed by atoms with Crippen LogP contribution in [0.4, 0.5) is 13.2 Å². The predicted molar refractivity (Wildman–Crippen MR) is 88.6 cm³/mol. The van der Waals surface area contributed by atoms with Crippen molar-refractivity contribution in [1.29, 1.82) is 0 Å². The monoisotopic (exact) mass is 362 g/mol. The van der Waals surface area contributed by atoms with E-state index in [0.717, 1.165) is 25.9 Å². The fourth-order valence-electron chi connectivity index (χ4n) is 3.44. The average molecular weight is 363 g/mol. The molecule has 1 amide bonds. The van der Waals surface area contributed by atoms with Crippen LogP contribution < -0.4 is 5.32 Å². The number of alkyl halides is 2. The lowest BCUT2D eigenvalue weighted by Crippen LogP contribution is -2.45. The van der Waals surface area contributed by atoms with E-state index in [0.29, 0.717) is 24.1 Å². The predicted octanol–water partition coefficient (Wildman–Crippen LogP) is 3.59. The van der Waals surface area contributed by atoms with Crippen molar-refractivity contribution in [2.75, 3.05) is 26.2 Å². The summed E-state index contributed by atoms with van der Waals surface area (Å²) in [6.45, 7) is 1.42. The summed E-state index contributed by atoms with van der Waals surface area (Å²) in [4.78, 5) is 13.7. The van der Waals surface area contributed by atoms with E-state index in [9.17, 15) is 18.0 Å². The number of piperidine rings is 2. The number of rotatable bonds is 2. The van der Waals surface area contributed by atoms with Gasteiger partial charge in [-0.25, -0.2) is 13.2 Å². The van der Waals surface area contributed by atoms with Gasteiger partial charge in [0.15, 0.2) is 0 Å². The van der Waals surface area contributed by atoms with Crippen LogP contribution in [0.25, 0.3) is 0 Å². The van der Waals surface area contributed by atoms with Gasteiger partial charge in [0, 0.05) is 18.5 Å². The van der Waals surface area contributed by atoms with Gasteiger partial charge in [0.25, 0.3) is 11.8 Å². The Bertz CT molecular complexity index is 591. The molecule has 0 unspecified atom stereocenters. The van der Waals surface area contributed by atoms with Crippen LogP contribution >= 0.6 is 12.4 Å². The van der Waals surface area contributed by atoms with E-state index in [4.69, 9.17) is 0 Å². The highest BCUT2D eigenvalue weighted by Gasteiger charge is 2.37. The Morgan fingerprint density at radius 3 is 2.62 bits per heavy atom. The van der Waals surface area contributed by atoms with Crippen LogP contribution in [0.3, 0.4) is 0 Å². The topological polar surface area (TPSA) is 32.3 Å². The molecular formula is C17H22ClF3N2O. The van der Waals surface area contributed by atoms with E-state index < -0.39 is 18.4 Å². The molecule has 2 saturated heterocycles. The minimum Gasteiger partial charge on any atom is -0.333 e. The van der Waals surface area contributed by atoms with Crippen LogP contribution in [-0.2, 0) is 0 Å². The number of hydrogen-bond donors (Lipinski definition) is 1. The maximum Gasteiger partial charge on any atom is 0.265 e. The van der Waals surface area contributed by atoms with Crippen molar-refractivity contribution in [3.63, 3.8) is 0 Å². The van der Waals surface area contributed by atoms with Gasteiger partial charge in [-0.1, -0.05) is 0 Å². The van der Waals surface area contributed by atoms with Gasteiger partial charge in [-0.2, -0.15) is 0 Å². The number of hydrogen-bond acceptors (Lipinski definition) is 2. The lowest BCUT2D eigenvalue weighted by Gasteiger charge is -2.32. The fraction of sp³-hybridized carbons (Fsp3) is 0.588. The highest BCUT2D eigenvalue weighted by molar-refractivity contribution is 5.94. The molecule has 1 aromatic rings. The average Bonchev–Trinajstić information content (AvgIpc) is 2.54. The van der Waals surface area contributed by atoms with Gasteiger partial charge in [-0.15, -0.1) is 12.4 Å². The molecule has 24 heavy (non-hydrogen) atoms. The van der Waals surface area contributed by atoms with Crippen molar-refractivity contribution in [2.45, 2.75) is 37.5 Å². The number of carbonyl (C=O) groups excluding carboxylic acids is 1. The van der Waals surface area contributed by atoms with Gasteiger partial charge in [0.2, 0.25) is 0 Å². The first kappa shape index (κ1) is 19.1. The maximum atomic E-state index is 14.1. The number of nitrogens with zero attached hydrogens (tertiary/aromatic N) is 1. The smallest absolute Gasteiger partial charge is 0.265 e. The summed E-state index contributed by atoms with van der Waals surface area (Å²) in [5.74, 6) is -3.50. The summed E-state index contributed by atoms with van der Waals surface area (Å²) in [5.41, 5.74) is 0.832. The van der Waals surface area contributed by atoms with Gasteiger partial charge in [0.05, 0.1) is 6.54 Å². The summed E-state index contributed by atoms with van der Waals surface area (Å²) >= 11 is 0. The standard InChI is InChI=1S/C17H21F3N2O.ClH/c18-15-3-2-13(10-14(15)12-4-7-21-8-5-12)16(23)22-9-1-6-17(19,20)11-22;/h2-3,10,12,21H,1,4-9,11H2;1H. The van der Waals surface area contributed by atoms with Gasteiger partial charge in [-0.05, 0) is 62.0 Å². The zero-order chi connectivity index (χ0) is 16.4. The summed E-state index contributed by atoms with van der Waals surface area (Å²) < 4.78 is 41.1. The molecule has 134 valence electrons. The van der Waals surface area contributed by atoms with E-state index in [1.54, 1.807) is 6.07 Å². The van der Waals surface area contributed by atoms with Crippen LogP contribution in [0.1, 0.15) is 47.5 Å². The first-order valence-electron chi connectivity index (χ1n) is 8.13. The molecule has 0 bridgehead atoms. The normalized spacial score (nSPS) is 21.2. The Kier molecular flexibility index (Phi) is 6.15. The second kappa shape index (κ2) is 7.74. The molecule has 2 aliphatic heterocycles. The van der Waals surface area contributed by atoms with Crippen molar-refractivity contribution < 1.29 is 18.0 Å². The highest BCUT2D eigenvalue weighted by atomic mass is 35.5. The van der Waals surface area contributed by atoms with Crippen molar-refractivity contribution >= 4 is 18.3 Å². The maximum absolute atomic E-state index is 14.1. The Morgan fingerprint density at radius 2 is 1.96 bits per heavy atom. The molecule has 0 aliphatic carbocycles. The SMILES string of the molecule is Cl.O=C(c1ccc(F)c(C2CCNCC2)c1)N1CCCC(F)(F)C1. The first-order valence-corrected chi connectivity index (χ1v) is 8.13. The summed E-state index contributed by atoms with van der Waals surface area (Å²) in [6.07, 6.45) is 1.74. The van der Waals surface area contributed by atoms with Crippen molar-refractivity contribution in [3.8, 4) is 0 Å². The molecule has 0 spiro atoms. The highest BCUT2D eigenvalue weighted by Crippen LogP contribution is 2.30. The number of halogens is 4. The van der Waals surface area contributed by atoms with Gasteiger partial charge in [0.1, 0.15) is 5.82 Å². The third-order valence-electron chi connectivity index (χ3n) is 4.70. The first-order chi connectivity index (χ1) is 11.0. The molecule has 0 saturated carbocycles. The molecule has 1 aromatic carbocycles. The van der Waals surface area contributed by atoms with Crippen LogP contribution in [-0.4, -0.2) is 42.9 Å². The zero-order valence-corrected chi connectivity index (χ0v) is 14.2. The van der Waals surface area contributed by atoms with Crippen LogP contribution in [0.15, 0.2) is 18.2 Å². The summed E-state index contributed by atoms with van der Waals surface area (Å²) in [5, 5.41) is 3.22. The van der Waals surface area contributed by atoms with Crippen molar-refractivity contribution in [3.05, 3.63) is 35.1 Å². The third-order valence-corrected chi connectivity index (χ3v) is 4.70. The number of likely N-dealkylation sites (tertiary alicyclic amines) is 1. The van der Waals surface area contributed by atoms with Crippen molar-refractivity contribution in [1.82, 2.24) is 10.2 Å². The molecule has 7 heteroatoms. The second-order valence-corrected chi connectivity index (χ2v) is 6.45. The van der Waals surface area contributed by atoms with Crippen LogP contribution in [0.2, 0.25) is 0 Å². The molecular weight excluding hydrogens is 341 g/mol. The minimum atomic E-state index is -2.83. The number of carbonyl (C=O) groups is 1. The largest absolute Gasteiger partial charge is 0.333 e. The molecule has 0 aromatic heterocycles. The van der Waals surface area contributed by atoms with E-state index in [1.807, 2.05) is 0 Å². The number of nitrogens with one attached hydrogen (secondary N) is 1. The zero-order valence-electron chi connectivity index (χ0n) is 13.4. The Morgan fingerprint density at radius 1 is 1.25 bits per heavy atom. The summed E-state index contributed by atoms with van der Waals surface area (Å²) in [7, 11) is 0. The molecule has 2 fully saturated rings. The summed E-state index contributed by atoms with van der Waals surface area (Å²) in [6, 6.07) is 4.24. The number of benzene rings is 1. The van der Waals surface area contributed by atoms with Gasteiger partial charge < -0.3 is 10.2 Å². The Labute approximate surface area is 146 Å². The van der Waals surface area contributed by atoms with E-state index >= 15 is 0 Å². The molecule has 3 rings (SSSR count). The van der Waals surface area contributed by atoms with E-state index in [2.05, 4.69) is 5.32 Å². The molecule has 2 aliphatic rings. The Hall–Kier alpha value is -1.27. The molecule has 0 radical (unpaired) electrons. The van der Waals surface area contributed by atoms with E-state index in [-0.39, 0.29) is 30.6 Å². The van der Waals surface area contributed by atoms with E-state index in [1.165, 1.54) is 17.0 Å². The third kappa shape index (κ3) is 4.22. The van der Waals surface area contributed by atoms with Gasteiger partial charge in [-0.3, -0.25) is 4.79 Å². The van der Waals surface area contributed by atoms with Crippen molar-refractivity contribution in [2.24, 2.45) is 0 Å². The molecule has 1 N–H and O–H groups in total. The van der Waals surface area contributed by atoms with Crippen LogP contribution in [0.5, 0.6) is 0 Å². The number of amides is 1. The lowest BCUT2D eigenvalue weighted by molar-refractivity contribution is -0.0560. The lowest BCUT2D eigenvalue weighted by atomic mass is 9.88.